The molecule has 2 N–H and O–H groups in total. The van der Waals surface area contributed by atoms with E-state index >= 15 is 0 Å². The highest BCUT2D eigenvalue weighted by atomic mass is 79.9. The second-order valence-corrected chi connectivity index (χ2v) is 5.33. The van der Waals surface area contributed by atoms with Crippen LogP contribution in [0, 0.1) is 6.92 Å². The number of benzene rings is 1. The molecule has 2 aromatic heterocycles. The Morgan fingerprint density at radius 1 is 1.25 bits per heavy atom. The quantitative estimate of drug-likeness (QED) is 0.749. The number of para-hydroxylation sites is 1. The minimum absolute atomic E-state index is 0.218. The summed E-state index contributed by atoms with van der Waals surface area (Å²) in [6.07, 6.45) is 1.72. The Morgan fingerprint density at radius 2 is 2.05 bits per heavy atom. The van der Waals surface area contributed by atoms with E-state index in [2.05, 4.69) is 31.2 Å². The van der Waals surface area contributed by atoms with Crippen molar-refractivity contribution in [3.05, 3.63) is 58.3 Å². The van der Waals surface area contributed by atoms with E-state index in [9.17, 15) is 4.79 Å². The molecule has 0 radical (unpaired) electrons. The van der Waals surface area contributed by atoms with Crippen LogP contribution in [0.3, 0.4) is 0 Å². The van der Waals surface area contributed by atoms with Crippen molar-refractivity contribution in [2.45, 2.75) is 6.92 Å². The van der Waals surface area contributed by atoms with E-state index in [1.165, 1.54) is 0 Å². The lowest BCUT2D eigenvalue weighted by Crippen LogP contribution is -2.13. The number of aromatic nitrogens is 2. The summed E-state index contributed by atoms with van der Waals surface area (Å²) in [4.78, 5) is 19.6. The molecule has 4 nitrogen and oxygen atoms in total. The highest BCUT2D eigenvalue weighted by Crippen LogP contribution is 2.28. The van der Waals surface area contributed by atoms with E-state index < -0.39 is 0 Å². The van der Waals surface area contributed by atoms with Crippen molar-refractivity contribution in [3.63, 3.8) is 0 Å². The fourth-order valence-electron chi connectivity index (χ4n) is 1.98. The van der Waals surface area contributed by atoms with Gasteiger partial charge in [0.05, 0.1) is 4.47 Å². The molecule has 2 heterocycles. The van der Waals surface area contributed by atoms with Crippen molar-refractivity contribution < 1.29 is 4.79 Å². The molecule has 0 aliphatic rings. The molecule has 0 saturated carbocycles. The number of aromatic amines is 1. The van der Waals surface area contributed by atoms with E-state index in [0.717, 1.165) is 20.9 Å². The number of hydrogen-bond acceptors (Lipinski definition) is 2. The molecule has 3 aromatic rings. The van der Waals surface area contributed by atoms with Crippen molar-refractivity contribution >= 4 is 38.6 Å². The first kappa shape index (κ1) is 12.9. The number of nitrogens with zero attached hydrogens (tertiary/aromatic N) is 1. The number of pyridine rings is 1. The molecular formula is C15H12BrN3O. The van der Waals surface area contributed by atoms with Crippen LogP contribution in [0.1, 0.15) is 16.1 Å². The van der Waals surface area contributed by atoms with Crippen LogP contribution >= 0.6 is 15.9 Å². The molecule has 1 aromatic carbocycles. The van der Waals surface area contributed by atoms with Gasteiger partial charge in [0.1, 0.15) is 11.5 Å². The number of rotatable bonds is 2. The highest BCUT2D eigenvalue weighted by Gasteiger charge is 2.16. The molecule has 5 heteroatoms. The van der Waals surface area contributed by atoms with E-state index in [4.69, 9.17) is 0 Å². The summed E-state index contributed by atoms with van der Waals surface area (Å²) in [7, 11) is 0. The van der Waals surface area contributed by atoms with Gasteiger partial charge in [-0.1, -0.05) is 24.3 Å². The number of hydrogen-bond donors (Lipinski definition) is 2. The van der Waals surface area contributed by atoms with Gasteiger partial charge in [-0.15, -0.1) is 0 Å². The number of fused-ring (bicyclic) bond motifs is 1. The number of carbonyl (C=O) groups excluding carboxylic acids is 1. The predicted octanol–water partition coefficient (Wildman–Crippen LogP) is 3.89. The smallest absolute Gasteiger partial charge is 0.274 e. The van der Waals surface area contributed by atoms with Crippen molar-refractivity contribution in [1.82, 2.24) is 9.97 Å². The zero-order valence-electron chi connectivity index (χ0n) is 10.8. The van der Waals surface area contributed by atoms with E-state index in [0.29, 0.717) is 11.5 Å². The maximum atomic E-state index is 12.3. The van der Waals surface area contributed by atoms with Gasteiger partial charge in [-0.25, -0.2) is 4.98 Å². The lowest BCUT2D eigenvalue weighted by atomic mass is 10.2. The van der Waals surface area contributed by atoms with Crippen LogP contribution in [0.5, 0.6) is 0 Å². The monoisotopic (exact) mass is 329 g/mol. The third-order valence-electron chi connectivity index (χ3n) is 3.02. The zero-order chi connectivity index (χ0) is 14.1. The topological polar surface area (TPSA) is 57.8 Å². The van der Waals surface area contributed by atoms with Gasteiger partial charge in [0.2, 0.25) is 0 Å². The Morgan fingerprint density at radius 3 is 2.75 bits per heavy atom. The summed E-state index contributed by atoms with van der Waals surface area (Å²) in [6.45, 7) is 1.95. The maximum Gasteiger partial charge on any atom is 0.274 e. The first-order valence-electron chi connectivity index (χ1n) is 6.15. The van der Waals surface area contributed by atoms with Gasteiger partial charge in [-0.2, -0.15) is 0 Å². The third-order valence-corrected chi connectivity index (χ3v) is 3.85. The molecule has 0 aliphatic heterocycles. The molecule has 0 saturated heterocycles. The van der Waals surface area contributed by atoms with Crippen LogP contribution in [0.2, 0.25) is 0 Å². The van der Waals surface area contributed by atoms with Gasteiger partial charge in [0, 0.05) is 17.1 Å². The maximum absolute atomic E-state index is 12.3. The fraction of sp³-hybridized carbons (Fsp3) is 0.0667. The molecule has 0 bridgehead atoms. The number of carbonyl (C=O) groups is 1. The van der Waals surface area contributed by atoms with E-state index in [-0.39, 0.29) is 5.91 Å². The van der Waals surface area contributed by atoms with Gasteiger partial charge in [0.25, 0.3) is 5.91 Å². The fourth-order valence-corrected chi connectivity index (χ4v) is 2.61. The van der Waals surface area contributed by atoms with Crippen LogP contribution < -0.4 is 5.32 Å². The van der Waals surface area contributed by atoms with Crippen LogP contribution in [-0.2, 0) is 0 Å². The average molecular weight is 330 g/mol. The van der Waals surface area contributed by atoms with Crippen LogP contribution in [0.25, 0.3) is 10.9 Å². The van der Waals surface area contributed by atoms with E-state index in [1.54, 1.807) is 12.3 Å². The summed E-state index contributed by atoms with van der Waals surface area (Å²) in [5.41, 5.74) is 2.46. The molecule has 1 amide bonds. The Kier molecular flexibility index (Phi) is 3.28. The SMILES string of the molecule is Cc1ccc(NC(=O)c2[nH]c3ccccc3c2Br)nc1. The van der Waals surface area contributed by atoms with Crippen molar-refractivity contribution in [2.75, 3.05) is 5.32 Å². The van der Waals surface area contributed by atoms with Crippen molar-refractivity contribution in [3.8, 4) is 0 Å². The number of halogens is 1. The van der Waals surface area contributed by atoms with Gasteiger partial charge in [0.15, 0.2) is 0 Å². The van der Waals surface area contributed by atoms with Crippen molar-refractivity contribution in [1.29, 1.82) is 0 Å². The van der Waals surface area contributed by atoms with E-state index in [1.807, 2.05) is 37.3 Å². The number of anilines is 1. The normalized spacial score (nSPS) is 10.7. The van der Waals surface area contributed by atoms with Gasteiger partial charge >= 0.3 is 0 Å². The zero-order valence-corrected chi connectivity index (χ0v) is 12.4. The average Bonchev–Trinajstić information content (AvgIpc) is 2.79. The van der Waals surface area contributed by atoms with Gasteiger partial charge < -0.3 is 10.3 Å². The summed E-state index contributed by atoms with van der Waals surface area (Å²) < 4.78 is 0.762. The molecule has 100 valence electrons. The Balaban J connectivity index is 1.92. The van der Waals surface area contributed by atoms with Gasteiger partial charge in [-0.3, -0.25) is 4.79 Å². The summed E-state index contributed by atoms with van der Waals surface area (Å²) in [5.74, 6) is 0.315. The number of aryl methyl sites for hydroxylation is 1. The van der Waals surface area contributed by atoms with Gasteiger partial charge in [-0.05, 0) is 40.5 Å². The summed E-state index contributed by atoms with van der Waals surface area (Å²) in [5, 5.41) is 3.76. The van der Waals surface area contributed by atoms with Crippen LogP contribution in [0.15, 0.2) is 47.1 Å². The third kappa shape index (κ3) is 2.32. The molecule has 0 spiro atoms. The Labute approximate surface area is 124 Å². The lowest BCUT2D eigenvalue weighted by Gasteiger charge is -2.03. The molecule has 20 heavy (non-hydrogen) atoms. The Bertz CT molecular complexity index is 777. The van der Waals surface area contributed by atoms with Crippen LogP contribution in [-0.4, -0.2) is 15.9 Å². The summed E-state index contributed by atoms with van der Waals surface area (Å²) in [6, 6.07) is 11.4. The lowest BCUT2D eigenvalue weighted by molar-refractivity contribution is 0.102. The standard InChI is InChI=1S/C15H12BrN3O/c1-9-6-7-12(17-8-9)19-15(20)14-13(16)10-4-2-3-5-11(10)18-14/h2-8,18H,1H3,(H,17,19,20). The Hall–Kier alpha value is -2.14. The molecule has 0 fully saturated rings. The van der Waals surface area contributed by atoms with Crippen LogP contribution in [0.4, 0.5) is 5.82 Å². The molecular weight excluding hydrogens is 318 g/mol. The minimum Gasteiger partial charge on any atom is -0.350 e. The second kappa shape index (κ2) is 5.09. The second-order valence-electron chi connectivity index (χ2n) is 4.53. The number of amides is 1. The minimum atomic E-state index is -0.218. The first-order chi connectivity index (χ1) is 9.65. The molecule has 0 unspecified atom stereocenters. The highest BCUT2D eigenvalue weighted by molar-refractivity contribution is 9.10. The van der Waals surface area contributed by atoms with Crippen molar-refractivity contribution in [2.24, 2.45) is 0 Å². The molecule has 3 rings (SSSR count). The molecule has 0 atom stereocenters. The first-order valence-corrected chi connectivity index (χ1v) is 6.94. The molecule has 0 aliphatic carbocycles. The predicted molar refractivity (Wildman–Crippen MR) is 82.9 cm³/mol. The largest absolute Gasteiger partial charge is 0.350 e. The number of H-pyrrole nitrogens is 1. The number of nitrogens with one attached hydrogen (secondary N) is 2. The summed E-state index contributed by atoms with van der Waals surface area (Å²) >= 11 is 3.46.